The van der Waals surface area contributed by atoms with Gasteiger partial charge in [-0.05, 0) is 20.8 Å². The minimum absolute atomic E-state index is 0.268. The van der Waals surface area contributed by atoms with Crippen molar-refractivity contribution < 1.29 is 14.0 Å². The molecule has 0 aliphatic carbocycles. The Morgan fingerprint density at radius 1 is 1.50 bits per heavy atom. The van der Waals surface area contributed by atoms with Crippen molar-refractivity contribution in [1.82, 2.24) is 5.54 Å². The minimum atomic E-state index is -0.556. The zero-order valence-electron chi connectivity index (χ0n) is 6.35. The van der Waals surface area contributed by atoms with Crippen LogP contribution in [0.2, 0.25) is 0 Å². The molecule has 0 amide bonds. The third-order valence-electron chi connectivity index (χ3n) is 1.03. The third-order valence-corrected chi connectivity index (χ3v) is 1.03. The van der Waals surface area contributed by atoms with Crippen LogP contribution in [0.1, 0.15) is 20.8 Å². The summed E-state index contributed by atoms with van der Waals surface area (Å²) in [5.41, 5.74) is 1.20. The predicted molar refractivity (Wildman–Crippen MR) is 33.7 cm³/mol. The molecule has 0 aromatic carbocycles. The lowest BCUT2D eigenvalue weighted by Crippen LogP contribution is -2.23. The number of ether oxygens (including phenoxy) is 2. The monoisotopic (exact) mass is 149 g/mol. The fourth-order valence-electron chi connectivity index (χ4n) is 0.614. The third kappa shape index (κ3) is 2.21. The van der Waals surface area contributed by atoms with Gasteiger partial charge in [-0.2, -0.15) is 0 Å². The van der Waals surface area contributed by atoms with Gasteiger partial charge in [0.25, 0.3) is 0 Å². The van der Waals surface area contributed by atoms with Gasteiger partial charge < -0.3 is 9.47 Å². The summed E-state index contributed by atoms with van der Waals surface area (Å²) in [4.78, 5) is 0. The van der Waals surface area contributed by atoms with Crippen molar-refractivity contribution in [2.45, 2.75) is 38.9 Å². The highest BCUT2D eigenvalue weighted by Gasteiger charge is 2.43. The van der Waals surface area contributed by atoms with Crippen molar-refractivity contribution in [3.8, 4) is 0 Å². The number of nitrogens with one attached hydrogen (secondary N) is 1. The molecule has 2 atom stereocenters. The summed E-state index contributed by atoms with van der Waals surface area (Å²) in [6.07, 6.45) is -0.968. The van der Waals surface area contributed by atoms with Crippen molar-refractivity contribution in [2.75, 3.05) is 0 Å². The van der Waals surface area contributed by atoms with Crippen molar-refractivity contribution in [3.05, 3.63) is 0 Å². The molecular formula is C6H12FNO2. The summed E-state index contributed by atoms with van der Waals surface area (Å²) in [7, 11) is 0. The average Bonchev–Trinajstić information content (AvgIpc) is 2.42. The SMILES string of the molecule is CC(C)(C)OC1OC1NF. The summed E-state index contributed by atoms with van der Waals surface area (Å²) in [5.74, 6) is 0. The van der Waals surface area contributed by atoms with Gasteiger partial charge in [-0.1, -0.05) is 0 Å². The van der Waals surface area contributed by atoms with Crippen LogP contribution in [0.5, 0.6) is 0 Å². The summed E-state index contributed by atoms with van der Waals surface area (Å²) in [6.45, 7) is 5.68. The van der Waals surface area contributed by atoms with E-state index in [2.05, 4.69) is 0 Å². The van der Waals surface area contributed by atoms with Gasteiger partial charge in [0.15, 0.2) is 6.23 Å². The first-order valence-electron chi connectivity index (χ1n) is 3.22. The van der Waals surface area contributed by atoms with Crippen LogP contribution >= 0.6 is 0 Å². The van der Waals surface area contributed by atoms with E-state index in [0.717, 1.165) is 0 Å². The molecule has 3 nitrogen and oxygen atoms in total. The van der Waals surface area contributed by atoms with E-state index < -0.39 is 12.5 Å². The van der Waals surface area contributed by atoms with Crippen molar-refractivity contribution in [2.24, 2.45) is 0 Å². The standard InChI is InChI=1S/C6H12FNO2/c1-6(2,3)10-5-4(8-7)9-5/h4-5,8H,1-3H3. The first kappa shape index (κ1) is 7.91. The van der Waals surface area contributed by atoms with Gasteiger partial charge in [-0.15, -0.1) is 10.0 Å². The first-order valence-corrected chi connectivity index (χ1v) is 3.22. The van der Waals surface area contributed by atoms with Gasteiger partial charge in [0, 0.05) is 0 Å². The molecule has 0 bridgehead atoms. The molecule has 60 valence electrons. The molecule has 1 saturated heterocycles. The highest BCUT2D eigenvalue weighted by atomic mass is 19.2. The molecular weight excluding hydrogens is 137 g/mol. The minimum Gasteiger partial charge on any atom is -0.343 e. The van der Waals surface area contributed by atoms with Gasteiger partial charge in [0.2, 0.25) is 6.29 Å². The normalized spacial score (nSPS) is 32.4. The molecule has 0 aromatic rings. The molecule has 1 N–H and O–H groups in total. The van der Waals surface area contributed by atoms with E-state index in [1.54, 1.807) is 0 Å². The second kappa shape index (κ2) is 2.45. The van der Waals surface area contributed by atoms with Gasteiger partial charge in [-0.25, -0.2) is 0 Å². The van der Waals surface area contributed by atoms with E-state index in [9.17, 15) is 4.48 Å². The molecule has 0 radical (unpaired) electrons. The highest BCUT2D eigenvalue weighted by Crippen LogP contribution is 2.25. The fraction of sp³-hybridized carbons (Fsp3) is 1.00. The molecule has 1 rings (SSSR count). The summed E-state index contributed by atoms with van der Waals surface area (Å²) < 4.78 is 21.5. The van der Waals surface area contributed by atoms with Gasteiger partial charge in [0.05, 0.1) is 5.60 Å². The maximum atomic E-state index is 11.5. The number of halogens is 1. The predicted octanol–water partition coefficient (Wildman–Crippen LogP) is 0.958. The molecule has 0 spiro atoms. The maximum absolute atomic E-state index is 11.5. The molecule has 10 heavy (non-hydrogen) atoms. The average molecular weight is 149 g/mol. The van der Waals surface area contributed by atoms with E-state index in [-0.39, 0.29) is 5.60 Å². The maximum Gasteiger partial charge on any atom is 0.202 e. The zero-order valence-corrected chi connectivity index (χ0v) is 6.35. The van der Waals surface area contributed by atoms with Crippen LogP contribution in [0.25, 0.3) is 0 Å². The van der Waals surface area contributed by atoms with Crippen LogP contribution in [0.3, 0.4) is 0 Å². The highest BCUT2D eigenvalue weighted by molar-refractivity contribution is 4.74. The van der Waals surface area contributed by atoms with E-state index in [0.29, 0.717) is 0 Å². The Kier molecular flexibility index (Phi) is 1.94. The topological polar surface area (TPSA) is 33.8 Å². The van der Waals surface area contributed by atoms with E-state index in [1.807, 2.05) is 20.8 Å². The molecule has 1 aliphatic heterocycles. The van der Waals surface area contributed by atoms with E-state index in [1.165, 1.54) is 5.54 Å². The molecule has 0 aromatic heterocycles. The lowest BCUT2D eigenvalue weighted by Gasteiger charge is -2.17. The van der Waals surface area contributed by atoms with Gasteiger partial charge >= 0.3 is 0 Å². The quantitative estimate of drug-likeness (QED) is 0.469. The van der Waals surface area contributed by atoms with Crippen molar-refractivity contribution in [1.29, 1.82) is 0 Å². The fourth-order valence-corrected chi connectivity index (χ4v) is 0.614. The Balaban J connectivity index is 2.18. The Morgan fingerprint density at radius 3 is 2.40 bits per heavy atom. The Bertz CT molecular complexity index is 123. The van der Waals surface area contributed by atoms with E-state index in [4.69, 9.17) is 9.47 Å². The molecule has 1 fully saturated rings. The van der Waals surface area contributed by atoms with Crippen LogP contribution in [0, 0.1) is 0 Å². The second-order valence-electron chi connectivity index (χ2n) is 3.26. The summed E-state index contributed by atoms with van der Waals surface area (Å²) in [5, 5.41) is 0. The second-order valence-corrected chi connectivity index (χ2v) is 3.26. The zero-order chi connectivity index (χ0) is 7.78. The number of hydrogen-bond donors (Lipinski definition) is 1. The van der Waals surface area contributed by atoms with Gasteiger partial charge in [-0.3, -0.25) is 0 Å². The van der Waals surface area contributed by atoms with E-state index >= 15 is 0 Å². The van der Waals surface area contributed by atoms with Crippen molar-refractivity contribution >= 4 is 0 Å². The van der Waals surface area contributed by atoms with Crippen LogP contribution in [-0.2, 0) is 9.47 Å². The van der Waals surface area contributed by atoms with Crippen molar-refractivity contribution in [3.63, 3.8) is 0 Å². The molecule has 4 heteroatoms. The number of rotatable bonds is 2. The number of epoxide rings is 1. The smallest absolute Gasteiger partial charge is 0.202 e. The lowest BCUT2D eigenvalue weighted by atomic mass is 10.2. The first-order chi connectivity index (χ1) is 4.53. The van der Waals surface area contributed by atoms with Crippen LogP contribution in [-0.4, -0.2) is 18.1 Å². The largest absolute Gasteiger partial charge is 0.343 e. The molecule has 0 saturated carbocycles. The Morgan fingerprint density at radius 2 is 2.10 bits per heavy atom. The molecule has 1 heterocycles. The number of hydrogen-bond acceptors (Lipinski definition) is 3. The molecule has 2 unspecified atom stereocenters. The lowest BCUT2D eigenvalue weighted by molar-refractivity contribution is -0.0573. The molecule has 1 aliphatic rings. The summed E-state index contributed by atoms with van der Waals surface area (Å²) >= 11 is 0. The van der Waals surface area contributed by atoms with Crippen LogP contribution in [0.4, 0.5) is 4.48 Å². The summed E-state index contributed by atoms with van der Waals surface area (Å²) in [6, 6.07) is 0. The van der Waals surface area contributed by atoms with Gasteiger partial charge in [0.1, 0.15) is 0 Å². The van der Waals surface area contributed by atoms with Crippen LogP contribution in [0.15, 0.2) is 0 Å². The Hall–Kier alpha value is -0.190. The Labute approximate surface area is 59.4 Å². The van der Waals surface area contributed by atoms with Crippen LogP contribution < -0.4 is 5.54 Å².